The molecular weight excluding hydrogens is 449 g/mol. The van der Waals surface area contributed by atoms with Crippen LogP contribution in [0.3, 0.4) is 0 Å². The van der Waals surface area contributed by atoms with E-state index >= 15 is 0 Å². The molecular formula is C21H21F3N2O5S. The number of ether oxygens (including phenoxy) is 1. The van der Waals surface area contributed by atoms with Crippen LogP contribution in [-0.2, 0) is 43.7 Å². The summed E-state index contributed by atoms with van der Waals surface area (Å²) in [5.41, 5.74) is 1.94. The van der Waals surface area contributed by atoms with Gasteiger partial charge >= 0.3 is 18.1 Å². The maximum atomic E-state index is 12.8. The van der Waals surface area contributed by atoms with Crippen molar-refractivity contribution in [3.05, 3.63) is 59.2 Å². The zero-order valence-electron chi connectivity index (χ0n) is 17.1. The number of hydrogen-bond donors (Lipinski definition) is 1. The SMILES string of the molecule is CCOC(=O)Cc1ccc(NS(=O)(=O)c2ccc3c(c2)CN(C(=O)C(F)(F)F)CC3)cc1. The highest BCUT2D eigenvalue weighted by Crippen LogP contribution is 2.27. The molecule has 0 unspecified atom stereocenters. The zero-order chi connectivity index (χ0) is 23.5. The molecule has 2 aromatic rings. The van der Waals surface area contributed by atoms with Crippen LogP contribution < -0.4 is 4.72 Å². The Morgan fingerprint density at radius 3 is 2.41 bits per heavy atom. The van der Waals surface area contributed by atoms with Gasteiger partial charge in [-0.15, -0.1) is 0 Å². The van der Waals surface area contributed by atoms with Crippen LogP contribution in [0.2, 0.25) is 0 Å². The number of fused-ring (bicyclic) bond motifs is 1. The number of halogens is 3. The first-order valence-electron chi connectivity index (χ1n) is 9.75. The van der Waals surface area contributed by atoms with E-state index in [1.165, 1.54) is 24.3 Å². The van der Waals surface area contributed by atoms with Gasteiger partial charge < -0.3 is 9.64 Å². The second-order valence-corrected chi connectivity index (χ2v) is 8.87. The van der Waals surface area contributed by atoms with Gasteiger partial charge in [-0.25, -0.2) is 8.42 Å². The molecule has 0 saturated heterocycles. The predicted octanol–water partition coefficient (Wildman–Crippen LogP) is 3.04. The number of rotatable bonds is 6. The number of hydrogen-bond acceptors (Lipinski definition) is 5. The molecule has 172 valence electrons. The van der Waals surface area contributed by atoms with Gasteiger partial charge in [0.05, 0.1) is 17.9 Å². The monoisotopic (exact) mass is 470 g/mol. The highest BCUT2D eigenvalue weighted by atomic mass is 32.2. The second kappa shape index (κ2) is 9.19. The lowest BCUT2D eigenvalue weighted by Gasteiger charge is -2.29. The fraction of sp³-hybridized carbons (Fsp3) is 0.333. The Morgan fingerprint density at radius 1 is 1.09 bits per heavy atom. The van der Waals surface area contributed by atoms with E-state index in [0.717, 1.165) is 0 Å². The van der Waals surface area contributed by atoms with Crippen LogP contribution in [0.15, 0.2) is 47.4 Å². The molecule has 1 aliphatic heterocycles. The summed E-state index contributed by atoms with van der Waals surface area (Å²) in [6, 6.07) is 10.4. The van der Waals surface area contributed by atoms with Crippen molar-refractivity contribution in [2.75, 3.05) is 17.9 Å². The van der Waals surface area contributed by atoms with E-state index in [1.54, 1.807) is 25.1 Å². The molecule has 1 aliphatic rings. The van der Waals surface area contributed by atoms with E-state index in [2.05, 4.69) is 4.72 Å². The lowest BCUT2D eigenvalue weighted by atomic mass is 10.00. The Bertz CT molecular complexity index is 1120. The van der Waals surface area contributed by atoms with Crippen molar-refractivity contribution < 1.29 is 35.9 Å². The minimum atomic E-state index is -4.98. The van der Waals surface area contributed by atoms with Crippen LogP contribution in [-0.4, -0.2) is 44.5 Å². The van der Waals surface area contributed by atoms with Crippen LogP contribution in [0, 0.1) is 0 Å². The average molecular weight is 470 g/mol. The number of carbonyl (C=O) groups is 2. The first-order valence-corrected chi connectivity index (χ1v) is 11.2. The first-order chi connectivity index (χ1) is 15.0. The molecule has 0 radical (unpaired) electrons. The Balaban J connectivity index is 1.74. The molecule has 7 nitrogen and oxygen atoms in total. The maximum absolute atomic E-state index is 12.8. The third-order valence-corrected chi connectivity index (χ3v) is 6.27. The van der Waals surface area contributed by atoms with Crippen molar-refractivity contribution in [3.63, 3.8) is 0 Å². The molecule has 0 saturated carbocycles. The summed E-state index contributed by atoms with van der Waals surface area (Å²) in [7, 11) is -4.02. The molecule has 1 N–H and O–H groups in total. The molecule has 11 heteroatoms. The second-order valence-electron chi connectivity index (χ2n) is 7.19. The average Bonchev–Trinajstić information content (AvgIpc) is 2.73. The number of anilines is 1. The zero-order valence-corrected chi connectivity index (χ0v) is 17.9. The third-order valence-electron chi connectivity index (χ3n) is 4.89. The van der Waals surface area contributed by atoms with Crippen LogP contribution in [0.4, 0.5) is 18.9 Å². The summed E-state index contributed by atoms with van der Waals surface area (Å²) in [4.78, 5) is 23.6. The highest BCUT2D eigenvalue weighted by Gasteiger charge is 2.43. The normalized spacial score (nSPS) is 13.9. The lowest BCUT2D eigenvalue weighted by molar-refractivity contribution is -0.186. The van der Waals surface area contributed by atoms with E-state index in [4.69, 9.17) is 4.74 Å². The summed E-state index contributed by atoms with van der Waals surface area (Å²) in [5.74, 6) is -2.34. The predicted molar refractivity (Wildman–Crippen MR) is 109 cm³/mol. The van der Waals surface area contributed by atoms with Crippen molar-refractivity contribution in [3.8, 4) is 0 Å². The number of sulfonamides is 1. The lowest BCUT2D eigenvalue weighted by Crippen LogP contribution is -2.43. The Hall–Kier alpha value is -3.08. The van der Waals surface area contributed by atoms with E-state index < -0.39 is 28.1 Å². The molecule has 0 aromatic heterocycles. The molecule has 1 amide bonds. The van der Waals surface area contributed by atoms with Gasteiger partial charge in [-0.1, -0.05) is 18.2 Å². The van der Waals surface area contributed by atoms with Gasteiger partial charge in [0.2, 0.25) is 0 Å². The van der Waals surface area contributed by atoms with Crippen LogP contribution in [0.5, 0.6) is 0 Å². The molecule has 1 heterocycles. The number of nitrogens with zero attached hydrogens (tertiary/aromatic N) is 1. The van der Waals surface area contributed by atoms with Gasteiger partial charge in [-0.2, -0.15) is 13.2 Å². The number of esters is 1. The minimum absolute atomic E-state index is 0.0544. The van der Waals surface area contributed by atoms with Gasteiger partial charge in [0.15, 0.2) is 0 Å². The van der Waals surface area contributed by atoms with Crippen molar-refractivity contribution in [2.45, 2.75) is 37.4 Å². The number of nitrogens with one attached hydrogen (secondary N) is 1. The summed E-state index contributed by atoms with van der Waals surface area (Å²) in [6.07, 6.45) is -4.73. The number of carbonyl (C=O) groups excluding carboxylic acids is 2. The molecule has 0 aliphatic carbocycles. The summed E-state index contributed by atoms with van der Waals surface area (Å²) in [6.45, 7) is 1.55. The van der Waals surface area contributed by atoms with E-state index in [9.17, 15) is 31.2 Å². The molecule has 0 fully saturated rings. The van der Waals surface area contributed by atoms with Crippen molar-refractivity contribution >= 4 is 27.6 Å². The molecule has 0 atom stereocenters. The van der Waals surface area contributed by atoms with Crippen LogP contribution in [0.1, 0.15) is 23.6 Å². The Morgan fingerprint density at radius 2 is 1.78 bits per heavy atom. The Kier molecular flexibility index (Phi) is 6.77. The Labute approximate surface area is 183 Å². The van der Waals surface area contributed by atoms with Gasteiger partial charge in [0.25, 0.3) is 10.0 Å². The standard InChI is InChI=1S/C21H21F3N2O5S/c1-2-31-19(27)11-14-3-6-17(7-4-14)25-32(29,30)18-8-5-15-9-10-26(13-16(15)12-18)20(28)21(22,23)24/h3-8,12,25H,2,9-11,13H2,1H3. The topological polar surface area (TPSA) is 92.8 Å². The van der Waals surface area contributed by atoms with E-state index in [-0.39, 0.29) is 43.1 Å². The molecule has 32 heavy (non-hydrogen) atoms. The molecule has 3 rings (SSSR count). The number of alkyl halides is 3. The largest absolute Gasteiger partial charge is 0.471 e. The van der Waals surface area contributed by atoms with Crippen LogP contribution in [0.25, 0.3) is 0 Å². The fourth-order valence-corrected chi connectivity index (χ4v) is 4.45. The highest BCUT2D eigenvalue weighted by molar-refractivity contribution is 7.92. The molecule has 0 spiro atoms. The summed E-state index contributed by atoms with van der Waals surface area (Å²) < 4.78 is 71.0. The summed E-state index contributed by atoms with van der Waals surface area (Å²) >= 11 is 0. The smallest absolute Gasteiger partial charge is 0.466 e. The van der Waals surface area contributed by atoms with Crippen molar-refractivity contribution in [2.24, 2.45) is 0 Å². The molecule has 2 aromatic carbocycles. The fourth-order valence-electron chi connectivity index (χ4n) is 3.34. The number of benzene rings is 2. The van der Waals surface area contributed by atoms with Gasteiger partial charge in [0, 0.05) is 18.8 Å². The first kappa shape index (κ1) is 23.6. The van der Waals surface area contributed by atoms with Crippen molar-refractivity contribution in [1.29, 1.82) is 0 Å². The van der Waals surface area contributed by atoms with Gasteiger partial charge in [-0.3, -0.25) is 14.3 Å². The third kappa shape index (κ3) is 5.58. The summed E-state index contributed by atoms with van der Waals surface area (Å²) in [5, 5.41) is 0. The van der Waals surface area contributed by atoms with Crippen LogP contribution >= 0.6 is 0 Å². The minimum Gasteiger partial charge on any atom is -0.466 e. The van der Waals surface area contributed by atoms with Gasteiger partial charge in [-0.05, 0) is 54.3 Å². The molecule has 0 bridgehead atoms. The van der Waals surface area contributed by atoms with E-state index in [0.29, 0.717) is 21.6 Å². The quantitative estimate of drug-likeness (QED) is 0.656. The maximum Gasteiger partial charge on any atom is 0.471 e. The van der Waals surface area contributed by atoms with Gasteiger partial charge in [0.1, 0.15) is 0 Å². The van der Waals surface area contributed by atoms with E-state index in [1.807, 2.05) is 0 Å². The van der Waals surface area contributed by atoms with Crippen molar-refractivity contribution in [1.82, 2.24) is 4.90 Å². The number of amides is 1.